The minimum atomic E-state index is -3.83. The van der Waals surface area contributed by atoms with Crippen molar-refractivity contribution >= 4 is 28.1 Å². The Morgan fingerprint density at radius 3 is 2.70 bits per heavy atom. The van der Waals surface area contributed by atoms with Gasteiger partial charge < -0.3 is 9.84 Å². The van der Waals surface area contributed by atoms with Crippen molar-refractivity contribution in [2.24, 2.45) is 5.92 Å². The van der Waals surface area contributed by atoms with Gasteiger partial charge in [0.2, 0.25) is 15.9 Å². The molecule has 7 nitrogen and oxygen atoms in total. The molecule has 1 aliphatic heterocycles. The Bertz CT molecular complexity index is 1010. The van der Waals surface area contributed by atoms with Gasteiger partial charge in [0.1, 0.15) is 5.69 Å². The third-order valence-electron chi connectivity index (χ3n) is 5.24. The van der Waals surface area contributed by atoms with Gasteiger partial charge >= 0.3 is 0 Å². The normalized spacial score (nSPS) is 18.0. The van der Waals surface area contributed by atoms with Crippen LogP contribution in [0.5, 0.6) is 0 Å². The summed E-state index contributed by atoms with van der Waals surface area (Å²) in [5, 5.41) is 6.76. The molecule has 1 aliphatic rings. The quantitative estimate of drug-likeness (QED) is 0.725. The van der Waals surface area contributed by atoms with E-state index in [0.717, 1.165) is 17.5 Å². The van der Waals surface area contributed by atoms with Gasteiger partial charge in [-0.2, -0.15) is 4.31 Å². The lowest BCUT2D eigenvalue weighted by atomic mass is 9.99. The van der Waals surface area contributed by atoms with Crippen molar-refractivity contribution in [3.8, 4) is 0 Å². The first-order valence-corrected chi connectivity index (χ1v) is 11.8. The number of carbonyl (C=O) groups excluding carboxylic acids is 1. The van der Waals surface area contributed by atoms with Gasteiger partial charge in [0.05, 0.1) is 5.92 Å². The van der Waals surface area contributed by atoms with E-state index in [1.807, 2.05) is 38.1 Å². The van der Waals surface area contributed by atoms with Crippen LogP contribution in [0.1, 0.15) is 48.8 Å². The maximum atomic E-state index is 13.4. The van der Waals surface area contributed by atoms with Crippen molar-refractivity contribution in [1.82, 2.24) is 14.8 Å². The molecule has 0 aliphatic carbocycles. The van der Waals surface area contributed by atoms with Crippen LogP contribution in [0.4, 0.5) is 0 Å². The molecule has 30 heavy (non-hydrogen) atoms. The van der Waals surface area contributed by atoms with Gasteiger partial charge in [0.15, 0.2) is 10.7 Å². The predicted octanol–water partition coefficient (Wildman–Crippen LogP) is 3.39. The first-order chi connectivity index (χ1) is 14.3. The molecule has 1 saturated heterocycles. The summed E-state index contributed by atoms with van der Waals surface area (Å²) in [4.78, 5) is 12.4. The number of amides is 1. The van der Waals surface area contributed by atoms with Crippen LogP contribution in [-0.4, -0.2) is 43.4 Å². The number of aryl methyl sites for hydroxylation is 2. The molecular weight excluding hydrogens is 402 g/mol. The Hall–Kier alpha value is -2.45. The fourth-order valence-corrected chi connectivity index (χ4v) is 5.32. The molecule has 1 atom stereocenters. The molecule has 0 bridgehead atoms. The SMILES string of the molecule is CCCNC(=O)C1CCCN(S(=O)(=O)c2c(C)noc2/C=C/c2ccc(C)cc2)C1. The molecule has 162 valence electrons. The molecule has 8 heteroatoms. The van der Waals surface area contributed by atoms with E-state index >= 15 is 0 Å². The summed E-state index contributed by atoms with van der Waals surface area (Å²) in [6, 6.07) is 7.88. The fraction of sp³-hybridized carbons (Fsp3) is 0.455. The van der Waals surface area contributed by atoms with Crippen molar-refractivity contribution in [1.29, 1.82) is 0 Å². The second-order valence-corrected chi connectivity index (χ2v) is 9.57. The summed E-state index contributed by atoms with van der Waals surface area (Å²) in [5.41, 5.74) is 2.40. The standard InChI is InChI=1S/C22H29N3O4S/c1-4-13-23-22(26)19-6-5-14-25(15-19)30(27,28)21-17(3)24-29-20(21)12-11-18-9-7-16(2)8-10-18/h7-12,19H,4-6,13-15H2,1-3H3,(H,23,26)/b12-11+. The topological polar surface area (TPSA) is 92.5 Å². The Labute approximate surface area is 178 Å². The van der Waals surface area contributed by atoms with E-state index in [9.17, 15) is 13.2 Å². The van der Waals surface area contributed by atoms with E-state index in [2.05, 4.69) is 10.5 Å². The van der Waals surface area contributed by atoms with Crippen LogP contribution in [0.15, 0.2) is 33.7 Å². The Kier molecular flexibility index (Phi) is 7.10. The van der Waals surface area contributed by atoms with E-state index < -0.39 is 10.0 Å². The van der Waals surface area contributed by atoms with Gasteiger partial charge in [-0.25, -0.2) is 8.42 Å². The second kappa shape index (κ2) is 9.57. The summed E-state index contributed by atoms with van der Waals surface area (Å²) in [5.74, 6) is -0.226. The molecular formula is C22H29N3O4S. The number of carbonyl (C=O) groups is 1. The highest BCUT2D eigenvalue weighted by Crippen LogP contribution is 2.29. The highest BCUT2D eigenvalue weighted by atomic mass is 32.2. The number of rotatable bonds is 7. The summed E-state index contributed by atoms with van der Waals surface area (Å²) in [6.45, 7) is 6.76. The lowest BCUT2D eigenvalue weighted by molar-refractivity contribution is -0.126. The van der Waals surface area contributed by atoms with Gasteiger partial charge in [-0.1, -0.05) is 48.0 Å². The molecule has 2 aromatic rings. The number of hydrogen-bond donors (Lipinski definition) is 1. The van der Waals surface area contributed by atoms with Crippen LogP contribution in [-0.2, 0) is 14.8 Å². The molecule has 0 saturated carbocycles. The first-order valence-electron chi connectivity index (χ1n) is 10.3. The van der Waals surface area contributed by atoms with Crippen molar-refractivity contribution < 1.29 is 17.7 Å². The Morgan fingerprint density at radius 2 is 2.00 bits per heavy atom. The zero-order valence-electron chi connectivity index (χ0n) is 17.7. The average molecular weight is 432 g/mol. The third-order valence-corrected chi connectivity index (χ3v) is 7.26. The van der Waals surface area contributed by atoms with Gasteiger partial charge in [-0.15, -0.1) is 0 Å². The zero-order chi connectivity index (χ0) is 21.7. The summed E-state index contributed by atoms with van der Waals surface area (Å²) >= 11 is 0. The van der Waals surface area contributed by atoms with Crippen LogP contribution >= 0.6 is 0 Å². The van der Waals surface area contributed by atoms with E-state index in [-0.39, 0.29) is 29.0 Å². The summed E-state index contributed by atoms with van der Waals surface area (Å²) < 4.78 is 33.5. The molecule has 1 fully saturated rings. The molecule has 1 N–H and O–H groups in total. The van der Waals surface area contributed by atoms with Gasteiger partial charge in [-0.05, 0) is 44.7 Å². The van der Waals surface area contributed by atoms with E-state index in [4.69, 9.17) is 4.52 Å². The maximum Gasteiger partial charge on any atom is 0.248 e. The minimum absolute atomic E-state index is 0.0699. The van der Waals surface area contributed by atoms with Crippen molar-refractivity contribution in [3.05, 3.63) is 46.8 Å². The van der Waals surface area contributed by atoms with E-state index in [1.165, 1.54) is 4.31 Å². The second-order valence-electron chi connectivity index (χ2n) is 7.70. The smallest absolute Gasteiger partial charge is 0.248 e. The van der Waals surface area contributed by atoms with Gasteiger partial charge in [0.25, 0.3) is 0 Å². The molecule has 1 unspecified atom stereocenters. The largest absolute Gasteiger partial charge is 0.356 e. The molecule has 3 rings (SSSR count). The van der Waals surface area contributed by atoms with Crippen molar-refractivity contribution in [2.45, 2.75) is 44.9 Å². The average Bonchev–Trinajstić information content (AvgIpc) is 3.13. The predicted molar refractivity (Wildman–Crippen MR) is 116 cm³/mol. The molecule has 1 amide bonds. The van der Waals surface area contributed by atoms with Crippen LogP contribution in [0, 0.1) is 19.8 Å². The molecule has 0 radical (unpaired) electrons. The van der Waals surface area contributed by atoms with Gasteiger partial charge in [-0.3, -0.25) is 4.79 Å². The number of hydrogen-bond acceptors (Lipinski definition) is 5. The first kappa shape index (κ1) is 22.2. The van der Waals surface area contributed by atoms with Crippen LogP contribution in [0.25, 0.3) is 12.2 Å². The number of sulfonamides is 1. The number of nitrogens with zero attached hydrogens (tertiary/aromatic N) is 2. The Balaban J connectivity index is 1.83. The molecule has 2 heterocycles. The monoisotopic (exact) mass is 431 g/mol. The molecule has 1 aromatic carbocycles. The van der Waals surface area contributed by atoms with Crippen LogP contribution in [0.3, 0.4) is 0 Å². The number of nitrogens with one attached hydrogen (secondary N) is 1. The van der Waals surface area contributed by atoms with Crippen molar-refractivity contribution in [2.75, 3.05) is 19.6 Å². The maximum absolute atomic E-state index is 13.4. The molecule has 0 spiro atoms. The number of aromatic nitrogens is 1. The number of benzene rings is 1. The summed E-state index contributed by atoms with van der Waals surface area (Å²) in [7, 11) is -3.83. The molecule has 1 aromatic heterocycles. The number of piperidine rings is 1. The highest BCUT2D eigenvalue weighted by molar-refractivity contribution is 7.89. The highest BCUT2D eigenvalue weighted by Gasteiger charge is 2.36. The van der Waals surface area contributed by atoms with Crippen LogP contribution < -0.4 is 5.32 Å². The van der Waals surface area contributed by atoms with Crippen LogP contribution in [0.2, 0.25) is 0 Å². The fourth-order valence-electron chi connectivity index (χ4n) is 3.54. The third kappa shape index (κ3) is 4.99. The summed E-state index contributed by atoms with van der Waals surface area (Å²) in [6.07, 6.45) is 5.60. The lowest BCUT2D eigenvalue weighted by Crippen LogP contribution is -2.45. The zero-order valence-corrected chi connectivity index (χ0v) is 18.5. The van der Waals surface area contributed by atoms with E-state index in [0.29, 0.717) is 31.6 Å². The Morgan fingerprint density at radius 1 is 1.27 bits per heavy atom. The van der Waals surface area contributed by atoms with E-state index in [1.54, 1.807) is 19.1 Å². The lowest BCUT2D eigenvalue weighted by Gasteiger charge is -2.31. The van der Waals surface area contributed by atoms with Gasteiger partial charge in [0, 0.05) is 19.6 Å². The minimum Gasteiger partial charge on any atom is -0.356 e. The van der Waals surface area contributed by atoms with Crippen molar-refractivity contribution in [3.63, 3.8) is 0 Å².